The Morgan fingerprint density at radius 2 is 2.10 bits per heavy atom. The molecular formula is C16H20N4S. The van der Waals surface area contributed by atoms with Crippen LogP contribution in [0.15, 0.2) is 35.6 Å². The third-order valence-corrected chi connectivity index (χ3v) is 4.21. The van der Waals surface area contributed by atoms with Crippen LogP contribution in [0.5, 0.6) is 0 Å². The summed E-state index contributed by atoms with van der Waals surface area (Å²) in [6, 6.07) is 10.7. The molecule has 5 heteroatoms. The minimum atomic E-state index is -0.496. The molecule has 0 aliphatic rings. The highest BCUT2D eigenvalue weighted by Gasteiger charge is 2.24. The molecule has 0 amide bonds. The molecule has 1 aromatic heterocycles. The van der Waals surface area contributed by atoms with Crippen molar-refractivity contribution in [3.8, 4) is 6.07 Å². The van der Waals surface area contributed by atoms with Crippen LogP contribution in [0.4, 0.5) is 0 Å². The van der Waals surface area contributed by atoms with Crippen LogP contribution in [0.25, 0.3) is 10.9 Å². The van der Waals surface area contributed by atoms with E-state index in [-0.39, 0.29) is 0 Å². The van der Waals surface area contributed by atoms with Gasteiger partial charge in [-0.25, -0.2) is 9.97 Å². The Balaban J connectivity index is 2.04. The van der Waals surface area contributed by atoms with Crippen LogP contribution in [-0.4, -0.2) is 27.3 Å². The van der Waals surface area contributed by atoms with E-state index in [0.29, 0.717) is 6.04 Å². The number of aromatic nitrogens is 2. The molecule has 0 spiro atoms. The van der Waals surface area contributed by atoms with Crippen molar-refractivity contribution >= 4 is 22.7 Å². The highest BCUT2D eigenvalue weighted by atomic mass is 32.2. The summed E-state index contributed by atoms with van der Waals surface area (Å²) in [7, 11) is 0. The van der Waals surface area contributed by atoms with Crippen LogP contribution in [0.3, 0.4) is 0 Å². The number of para-hydroxylation sites is 1. The number of hydrogen-bond donors (Lipinski definition) is 1. The molecule has 0 bridgehead atoms. The van der Waals surface area contributed by atoms with Crippen molar-refractivity contribution < 1.29 is 0 Å². The average molecular weight is 300 g/mol. The minimum absolute atomic E-state index is 0.291. The van der Waals surface area contributed by atoms with Gasteiger partial charge in [0.2, 0.25) is 0 Å². The highest BCUT2D eigenvalue weighted by molar-refractivity contribution is 7.99. The smallest absolute Gasteiger partial charge is 0.117 e. The van der Waals surface area contributed by atoms with E-state index >= 15 is 0 Å². The van der Waals surface area contributed by atoms with Gasteiger partial charge in [0.1, 0.15) is 16.9 Å². The van der Waals surface area contributed by atoms with E-state index in [1.807, 2.05) is 31.2 Å². The van der Waals surface area contributed by atoms with Gasteiger partial charge in [0.05, 0.1) is 11.6 Å². The second-order valence-corrected chi connectivity index (χ2v) is 6.62. The van der Waals surface area contributed by atoms with Gasteiger partial charge in [-0.2, -0.15) is 5.26 Å². The van der Waals surface area contributed by atoms with Gasteiger partial charge in [0, 0.05) is 17.2 Å². The van der Waals surface area contributed by atoms with Crippen LogP contribution in [0.2, 0.25) is 0 Å². The van der Waals surface area contributed by atoms with E-state index in [4.69, 9.17) is 0 Å². The van der Waals surface area contributed by atoms with Gasteiger partial charge in [0.25, 0.3) is 0 Å². The van der Waals surface area contributed by atoms with Crippen molar-refractivity contribution in [3.63, 3.8) is 0 Å². The molecule has 1 aromatic carbocycles. The molecule has 2 rings (SSSR count). The van der Waals surface area contributed by atoms with E-state index in [2.05, 4.69) is 35.2 Å². The highest BCUT2D eigenvalue weighted by Crippen LogP contribution is 2.26. The molecule has 0 saturated carbocycles. The topological polar surface area (TPSA) is 61.6 Å². The molecule has 110 valence electrons. The van der Waals surface area contributed by atoms with Crippen LogP contribution in [0.1, 0.15) is 27.2 Å². The summed E-state index contributed by atoms with van der Waals surface area (Å²) in [5.74, 6) is 0.838. The van der Waals surface area contributed by atoms with Gasteiger partial charge in [-0.05, 0) is 33.3 Å². The van der Waals surface area contributed by atoms with Crippen LogP contribution in [0, 0.1) is 11.3 Å². The second kappa shape index (κ2) is 6.88. The van der Waals surface area contributed by atoms with Crippen molar-refractivity contribution in [1.82, 2.24) is 15.3 Å². The Morgan fingerprint density at radius 3 is 2.81 bits per heavy atom. The lowest BCUT2D eigenvalue weighted by atomic mass is 10.0. The van der Waals surface area contributed by atoms with Crippen LogP contribution < -0.4 is 5.32 Å². The molecule has 0 saturated heterocycles. The summed E-state index contributed by atoms with van der Waals surface area (Å²) in [6.45, 7) is 6.06. The second-order valence-electron chi connectivity index (χ2n) is 5.54. The maximum Gasteiger partial charge on any atom is 0.117 e. The first kappa shape index (κ1) is 15.7. The van der Waals surface area contributed by atoms with E-state index in [1.165, 1.54) is 0 Å². The lowest BCUT2D eigenvalue weighted by Gasteiger charge is -2.25. The Bertz CT molecular complexity index is 645. The Kier molecular flexibility index (Phi) is 5.16. The molecule has 1 N–H and O–H groups in total. The summed E-state index contributed by atoms with van der Waals surface area (Å²) in [6.07, 6.45) is 2.37. The number of benzene rings is 1. The zero-order chi connectivity index (χ0) is 15.3. The first-order chi connectivity index (χ1) is 10.0. The summed E-state index contributed by atoms with van der Waals surface area (Å²) in [5, 5.41) is 14.7. The molecule has 1 unspecified atom stereocenters. The van der Waals surface area contributed by atoms with Gasteiger partial charge in [-0.3, -0.25) is 5.32 Å². The minimum Gasteiger partial charge on any atom is -0.297 e. The van der Waals surface area contributed by atoms with Crippen LogP contribution >= 0.6 is 11.8 Å². The maximum absolute atomic E-state index is 9.36. The monoisotopic (exact) mass is 300 g/mol. The summed E-state index contributed by atoms with van der Waals surface area (Å²) in [4.78, 5) is 8.63. The number of hydrogen-bond acceptors (Lipinski definition) is 5. The van der Waals surface area contributed by atoms with E-state index in [0.717, 1.165) is 28.1 Å². The van der Waals surface area contributed by atoms with Crippen molar-refractivity contribution in [1.29, 1.82) is 5.26 Å². The van der Waals surface area contributed by atoms with Gasteiger partial charge >= 0.3 is 0 Å². The van der Waals surface area contributed by atoms with E-state index < -0.39 is 5.54 Å². The van der Waals surface area contributed by atoms with Crippen molar-refractivity contribution in [2.45, 2.75) is 43.8 Å². The molecule has 0 radical (unpaired) electrons. The summed E-state index contributed by atoms with van der Waals surface area (Å²) >= 11 is 1.68. The number of rotatable bonds is 6. The predicted molar refractivity (Wildman–Crippen MR) is 87.2 cm³/mol. The third-order valence-electron chi connectivity index (χ3n) is 3.20. The van der Waals surface area contributed by atoms with E-state index in [9.17, 15) is 5.26 Å². The Hall–Kier alpha value is -1.64. The molecule has 0 aliphatic carbocycles. The summed E-state index contributed by atoms with van der Waals surface area (Å²) in [5.41, 5.74) is 0.461. The predicted octanol–water partition coefficient (Wildman–Crippen LogP) is 3.39. The fraction of sp³-hybridized carbons (Fsp3) is 0.438. The molecule has 1 heterocycles. The van der Waals surface area contributed by atoms with Crippen LogP contribution in [-0.2, 0) is 0 Å². The Morgan fingerprint density at radius 1 is 1.33 bits per heavy atom. The standard InChI is InChI=1S/C16H20N4S/c1-12(2)20-16(3,10-17)8-9-21-15-13-6-4-5-7-14(13)18-11-19-15/h4-7,11-12,20H,8-9H2,1-3H3. The quantitative estimate of drug-likeness (QED) is 0.654. The van der Waals surface area contributed by atoms with Gasteiger partial charge < -0.3 is 0 Å². The molecule has 0 aliphatic heterocycles. The number of nitriles is 1. The Labute approximate surface area is 130 Å². The van der Waals surface area contributed by atoms with Crippen molar-refractivity contribution in [2.75, 3.05) is 5.75 Å². The molecule has 2 aromatic rings. The third kappa shape index (κ3) is 4.16. The lowest BCUT2D eigenvalue weighted by Crippen LogP contribution is -2.45. The lowest BCUT2D eigenvalue weighted by molar-refractivity contribution is 0.397. The average Bonchev–Trinajstić information content (AvgIpc) is 2.47. The van der Waals surface area contributed by atoms with Gasteiger partial charge in [0.15, 0.2) is 0 Å². The normalized spacial score (nSPS) is 14.0. The molecule has 1 atom stereocenters. The molecule has 21 heavy (non-hydrogen) atoms. The first-order valence-electron chi connectivity index (χ1n) is 7.05. The zero-order valence-corrected chi connectivity index (χ0v) is 13.4. The largest absolute Gasteiger partial charge is 0.297 e. The fourth-order valence-electron chi connectivity index (χ4n) is 2.24. The SMILES string of the molecule is CC(C)NC(C)(C#N)CCSc1ncnc2ccccc12. The maximum atomic E-state index is 9.36. The van der Waals surface area contributed by atoms with Crippen molar-refractivity contribution in [3.05, 3.63) is 30.6 Å². The van der Waals surface area contributed by atoms with Crippen molar-refractivity contribution in [2.24, 2.45) is 0 Å². The number of fused-ring (bicyclic) bond motifs is 1. The van der Waals surface area contributed by atoms with E-state index in [1.54, 1.807) is 18.1 Å². The number of nitrogens with one attached hydrogen (secondary N) is 1. The summed E-state index contributed by atoms with van der Waals surface area (Å²) < 4.78 is 0. The molecule has 0 fully saturated rings. The van der Waals surface area contributed by atoms with Gasteiger partial charge in [-0.1, -0.05) is 18.2 Å². The van der Waals surface area contributed by atoms with Gasteiger partial charge in [-0.15, -0.1) is 11.8 Å². The zero-order valence-electron chi connectivity index (χ0n) is 12.6. The molecule has 4 nitrogen and oxygen atoms in total. The first-order valence-corrected chi connectivity index (χ1v) is 8.04. The fourth-order valence-corrected chi connectivity index (χ4v) is 3.40. The number of thioether (sulfide) groups is 1. The molecular weight excluding hydrogens is 280 g/mol. The number of nitrogens with zero attached hydrogens (tertiary/aromatic N) is 3.